The van der Waals surface area contributed by atoms with Crippen molar-refractivity contribution in [3.8, 4) is 0 Å². The van der Waals surface area contributed by atoms with Crippen LogP contribution in [0.15, 0.2) is 59.5 Å². The van der Waals surface area contributed by atoms with Crippen molar-refractivity contribution in [1.29, 1.82) is 0 Å². The van der Waals surface area contributed by atoms with Crippen molar-refractivity contribution in [3.63, 3.8) is 0 Å². The standard InChI is InChI=1S/C26H18Cl3F8N3O3S/c1-44(34,35,36,37)13-4-2-3-11(9-13)18-19(26(18,28)29)24(42)38-12-5-6-15(27)14(10-12)23(41)39-17-8-7-16(30)21(20(17)31)40-25(43)22(32)33/h2-10,18-19,22H,1H3,(H,38,42)(H,39,41)(H,40,43). The molecule has 1 saturated carbocycles. The molecule has 2 unspecified atom stereocenters. The van der Waals surface area contributed by atoms with Crippen LogP contribution in [0.2, 0.25) is 5.02 Å². The van der Waals surface area contributed by atoms with Gasteiger partial charge in [-0.2, -0.15) is 8.78 Å². The Morgan fingerprint density at radius 2 is 1.57 bits per heavy atom. The quantitative estimate of drug-likeness (QED) is 0.161. The molecule has 0 heterocycles. The zero-order chi connectivity index (χ0) is 33.1. The molecule has 44 heavy (non-hydrogen) atoms. The van der Waals surface area contributed by atoms with E-state index >= 15 is 0 Å². The minimum Gasteiger partial charge on any atom is -0.326 e. The fraction of sp³-hybridized carbons (Fsp3) is 0.192. The van der Waals surface area contributed by atoms with E-state index in [9.17, 15) is 47.5 Å². The molecule has 18 heteroatoms. The van der Waals surface area contributed by atoms with Gasteiger partial charge in [0.25, 0.3) is 11.8 Å². The summed E-state index contributed by atoms with van der Waals surface area (Å²) in [6.45, 7) is 0. The van der Waals surface area contributed by atoms with E-state index in [0.29, 0.717) is 18.2 Å². The van der Waals surface area contributed by atoms with E-state index < -0.39 is 84.3 Å². The fourth-order valence-corrected chi connectivity index (χ4v) is 6.11. The van der Waals surface area contributed by atoms with Gasteiger partial charge >= 0.3 is 6.43 Å². The van der Waals surface area contributed by atoms with Crippen LogP contribution < -0.4 is 16.0 Å². The van der Waals surface area contributed by atoms with Gasteiger partial charge in [0, 0.05) is 11.6 Å². The maximum Gasteiger partial charge on any atom is 0.315 e. The second-order valence-electron chi connectivity index (χ2n) is 9.89. The van der Waals surface area contributed by atoms with Crippen molar-refractivity contribution in [2.24, 2.45) is 5.92 Å². The van der Waals surface area contributed by atoms with Crippen LogP contribution in [0.4, 0.5) is 50.2 Å². The van der Waals surface area contributed by atoms with Crippen LogP contribution in [0.5, 0.6) is 0 Å². The number of hydrogen-bond acceptors (Lipinski definition) is 3. The van der Waals surface area contributed by atoms with Gasteiger partial charge in [0.1, 0.15) is 15.8 Å². The smallest absolute Gasteiger partial charge is 0.315 e. The van der Waals surface area contributed by atoms with Crippen LogP contribution in [0, 0.1) is 17.6 Å². The molecule has 1 aliphatic rings. The Labute approximate surface area is 258 Å². The molecule has 3 aromatic carbocycles. The lowest BCUT2D eigenvalue weighted by Gasteiger charge is -2.46. The number of alkyl halides is 4. The first-order chi connectivity index (χ1) is 20.0. The number of hydrogen-bond donors (Lipinski definition) is 3. The summed E-state index contributed by atoms with van der Waals surface area (Å²) in [7, 11) is -8.56. The van der Waals surface area contributed by atoms with Gasteiger partial charge < -0.3 is 16.0 Å². The molecule has 0 spiro atoms. The minimum absolute atomic E-state index is 0.0886. The van der Waals surface area contributed by atoms with Crippen molar-refractivity contribution in [2.45, 2.75) is 21.6 Å². The second-order valence-corrected chi connectivity index (χ2v) is 15.2. The third-order valence-corrected chi connectivity index (χ3v) is 9.12. The summed E-state index contributed by atoms with van der Waals surface area (Å²) < 4.78 is 108. The number of nitrogens with one attached hydrogen (secondary N) is 3. The van der Waals surface area contributed by atoms with Gasteiger partial charge in [0.15, 0.2) is 15.7 Å². The van der Waals surface area contributed by atoms with Crippen molar-refractivity contribution < 1.29 is 47.5 Å². The number of rotatable bonds is 8. The largest absolute Gasteiger partial charge is 0.326 e. The average Bonchev–Trinajstić information content (AvgIpc) is 3.49. The molecule has 0 saturated heterocycles. The number of benzene rings is 3. The maximum absolute atomic E-state index is 14.8. The lowest BCUT2D eigenvalue weighted by molar-refractivity contribution is -0.126. The molecule has 3 N–H and O–H groups in total. The van der Waals surface area contributed by atoms with E-state index in [1.54, 1.807) is 0 Å². The minimum atomic E-state index is -8.56. The van der Waals surface area contributed by atoms with Crippen molar-refractivity contribution in [2.75, 3.05) is 22.2 Å². The van der Waals surface area contributed by atoms with Crippen molar-refractivity contribution >= 4 is 79.4 Å². The van der Waals surface area contributed by atoms with E-state index in [2.05, 4.69) is 5.32 Å². The molecule has 1 fully saturated rings. The van der Waals surface area contributed by atoms with Crippen LogP contribution in [0.3, 0.4) is 0 Å². The molecule has 3 aromatic rings. The number of amides is 3. The number of anilines is 3. The first-order valence-electron chi connectivity index (χ1n) is 12.0. The molecule has 0 aliphatic heterocycles. The highest BCUT2D eigenvalue weighted by atomic mass is 35.5. The number of halogens is 11. The van der Waals surface area contributed by atoms with E-state index in [1.165, 1.54) is 17.4 Å². The summed E-state index contributed by atoms with van der Waals surface area (Å²) in [5, 5.41) is 5.58. The van der Waals surface area contributed by atoms with Gasteiger partial charge in [-0.25, -0.2) is 8.78 Å². The predicted octanol–water partition coefficient (Wildman–Crippen LogP) is 9.00. The maximum atomic E-state index is 14.8. The summed E-state index contributed by atoms with van der Waals surface area (Å²) >= 11 is 18.5. The summed E-state index contributed by atoms with van der Waals surface area (Å²) in [6, 6.07) is 7.98. The third kappa shape index (κ3) is 7.00. The summed E-state index contributed by atoms with van der Waals surface area (Å²) in [5.74, 6) is -9.46. The van der Waals surface area contributed by atoms with Crippen LogP contribution in [-0.4, -0.2) is 34.7 Å². The van der Waals surface area contributed by atoms with E-state index in [1.807, 2.05) is 5.32 Å². The Bertz CT molecular complexity index is 1710. The van der Waals surface area contributed by atoms with E-state index in [-0.39, 0.29) is 21.8 Å². The predicted molar refractivity (Wildman–Crippen MR) is 152 cm³/mol. The molecular formula is C26H18Cl3F8N3O3S. The molecule has 0 aromatic heterocycles. The molecule has 0 bridgehead atoms. The summed E-state index contributed by atoms with van der Waals surface area (Å²) in [4.78, 5) is 35.6. The molecule has 6 nitrogen and oxygen atoms in total. The van der Waals surface area contributed by atoms with Gasteiger partial charge in [0.2, 0.25) is 5.91 Å². The molecule has 4 rings (SSSR count). The number of carbonyl (C=O) groups excluding carboxylic acids is 3. The molecule has 3 amide bonds. The van der Waals surface area contributed by atoms with Gasteiger partial charge in [-0.1, -0.05) is 23.7 Å². The Kier molecular flexibility index (Phi) is 8.15. The molecular weight excluding hydrogens is 693 g/mol. The zero-order valence-electron chi connectivity index (χ0n) is 21.7. The normalized spacial score (nSPS) is 19.0. The molecule has 238 valence electrons. The monoisotopic (exact) mass is 709 g/mol. The Morgan fingerprint density at radius 3 is 2.18 bits per heavy atom. The SMILES string of the molecule is CS(F)(F)(F)(F)c1cccc(C2C(C(=O)Nc3ccc(Cl)c(C(=O)Nc4ccc(F)c(NC(=O)C(F)F)c4F)c3)C2(Cl)Cl)c1. The van der Waals surface area contributed by atoms with E-state index in [4.69, 9.17) is 34.8 Å². The van der Waals surface area contributed by atoms with Gasteiger partial charge in [0.05, 0.1) is 33.3 Å². The Morgan fingerprint density at radius 1 is 0.909 bits per heavy atom. The fourth-order valence-electron chi connectivity index (χ4n) is 4.22. The van der Waals surface area contributed by atoms with Gasteiger partial charge in [-0.3, -0.25) is 14.4 Å². The lowest BCUT2D eigenvalue weighted by Crippen LogP contribution is -2.22. The summed E-state index contributed by atoms with van der Waals surface area (Å²) in [6.07, 6.45) is -4.04. The van der Waals surface area contributed by atoms with Crippen LogP contribution >= 0.6 is 44.6 Å². The molecule has 2 atom stereocenters. The molecule has 0 radical (unpaired) electrons. The second kappa shape index (κ2) is 10.7. The average molecular weight is 711 g/mol. The van der Waals surface area contributed by atoms with Crippen molar-refractivity contribution in [1.82, 2.24) is 0 Å². The highest BCUT2D eigenvalue weighted by Gasteiger charge is 2.68. The van der Waals surface area contributed by atoms with Crippen LogP contribution in [-0.2, 0) is 9.59 Å². The van der Waals surface area contributed by atoms with Crippen LogP contribution in [0.25, 0.3) is 0 Å². The topological polar surface area (TPSA) is 87.3 Å². The third-order valence-electron chi connectivity index (χ3n) is 6.41. The summed E-state index contributed by atoms with van der Waals surface area (Å²) in [5.41, 5.74) is -2.58. The highest BCUT2D eigenvalue weighted by molar-refractivity contribution is 8.49. The van der Waals surface area contributed by atoms with Crippen molar-refractivity contribution in [3.05, 3.63) is 82.4 Å². The van der Waals surface area contributed by atoms with Crippen LogP contribution in [0.1, 0.15) is 21.8 Å². The lowest BCUT2D eigenvalue weighted by atomic mass is 10.1. The first-order valence-corrected chi connectivity index (χ1v) is 15.6. The Hall–Kier alpha value is -3.27. The highest BCUT2D eigenvalue weighted by Crippen LogP contribution is 2.98. The van der Waals surface area contributed by atoms with E-state index in [0.717, 1.165) is 24.3 Å². The first kappa shape index (κ1) is 33.6. The van der Waals surface area contributed by atoms with Gasteiger partial charge in [-0.05, 0) is 48.0 Å². The zero-order valence-corrected chi connectivity index (χ0v) is 24.8. The van der Waals surface area contributed by atoms with Gasteiger partial charge in [-0.15, -0.1) is 38.7 Å². The number of carbonyl (C=O) groups is 3. The Balaban J connectivity index is 1.53. The molecule has 1 aliphatic carbocycles.